The summed E-state index contributed by atoms with van der Waals surface area (Å²) < 4.78 is 2.05. The lowest BCUT2D eigenvalue weighted by Crippen LogP contribution is -2.21. The lowest BCUT2D eigenvalue weighted by atomic mass is 10.0. The van der Waals surface area contributed by atoms with Crippen molar-refractivity contribution in [3.8, 4) is 0 Å². The third-order valence-corrected chi connectivity index (χ3v) is 3.20. The van der Waals surface area contributed by atoms with E-state index in [-0.39, 0.29) is 0 Å². The molecule has 0 spiro atoms. The highest BCUT2D eigenvalue weighted by Crippen LogP contribution is 2.18. The van der Waals surface area contributed by atoms with E-state index >= 15 is 0 Å². The van der Waals surface area contributed by atoms with Crippen molar-refractivity contribution >= 4 is 0 Å². The number of rotatable bonds is 6. The fourth-order valence-corrected chi connectivity index (χ4v) is 2.20. The van der Waals surface area contributed by atoms with E-state index in [1.807, 2.05) is 36.4 Å². The maximum absolute atomic E-state index is 4.32. The van der Waals surface area contributed by atoms with Crippen molar-refractivity contribution in [3.05, 3.63) is 48.0 Å². The second-order valence-corrected chi connectivity index (χ2v) is 4.31. The minimum Gasteiger partial charge on any atom is -0.312 e. The Labute approximate surface area is 108 Å². The molecule has 96 valence electrons. The van der Waals surface area contributed by atoms with E-state index in [1.54, 1.807) is 0 Å². The quantitative estimate of drug-likeness (QED) is 0.847. The molecule has 0 fully saturated rings. The van der Waals surface area contributed by atoms with E-state index in [0.29, 0.717) is 6.04 Å². The molecule has 0 saturated carbocycles. The molecule has 1 unspecified atom stereocenters. The van der Waals surface area contributed by atoms with Crippen molar-refractivity contribution in [3.63, 3.8) is 0 Å². The van der Waals surface area contributed by atoms with Crippen molar-refractivity contribution in [1.29, 1.82) is 0 Å². The molecular weight excluding hydrogens is 224 g/mol. The van der Waals surface area contributed by atoms with E-state index < -0.39 is 0 Å². The third kappa shape index (κ3) is 2.96. The molecule has 2 aromatic heterocycles. The number of aryl methyl sites for hydroxylation is 2. The monoisotopic (exact) mass is 244 g/mol. The average Bonchev–Trinajstić information content (AvgIpc) is 2.89. The fraction of sp³-hybridized carbons (Fsp3) is 0.429. The van der Waals surface area contributed by atoms with Crippen LogP contribution in [-0.4, -0.2) is 21.8 Å². The molecule has 1 atom stereocenters. The predicted molar refractivity (Wildman–Crippen MR) is 72.3 cm³/mol. The Morgan fingerprint density at radius 3 is 2.89 bits per heavy atom. The van der Waals surface area contributed by atoms with Gasteiger partial charge in [0.15, 0.2) is 0 Å². The summed E-state index contributed by atoms with van der Waals surface area (Å²) in [6, 6.07) is 6.54. The van der Waals surface area contributed by atoms with Gasteiger partial charge in [0.05, 0.1) is 5.69 Å². The van der Waals surface area contributed by atoms with Gasteiger partial charge in [0, 0.05) is 31.2 Å². The van der Waals surface area contributed by atoms with E-state index in [9.17, 15) is 0 Å². The van der Waals surface area contributed by atoms with Crippen molar-refractivity contribution in [1.82, 2.24) is 20.1 Å². The van der Waals surface area contributed by atoms with Gasteiger partial charge in [-0.2, -0.15) is 5.10 Å². The molecule has 4 nitrogen and oxygen atoms in total. The minimum absolute atomic E-state index is 0.340. The summed E-state index contributed by atoms with van der Waals surface area (Å²) in [5, 5.41) is 7.69. The van der Waals surface area contributed by atoms with Gasteiger partial charge in [-0.15, -0.1) is 0 Å². The van der Waals surface area contributed by atoms with Gasteiger partial charge in [-0.25, -0.2) is 0 Å². The molecule has 0 amide bonds. The molecular formula is C14H20N4. The van der Waals surface area contributed by atoms with Crippen molar-refractivity contribution in [2.75, 3.05) is 7.05 Å². The zero-order valence-corrected chi connectivity index (χ0v) is 11.0. The smallest absolute Gasteiger partial charge is 0.0553 e. The van der Waals surface area contributed by atoms with Crippen LogP contribution >= 0.6 is 0 Å². The third-order valence-electron chi connectivity index (χ3n) is 3.20. The first-order valence-electron chi connectivity index (χ1n) is 6.43. The van der Waals surface area contributed by atoms with Crippen molar-refractivity contribution in [2.24, 2.45) is 0 Å². The molecule has 2 rings (SSSR count). The van der Waals surface area contributed by atoms with Crippen LogP contribution in [0.25, 0.3) is 0 Å². The van der Waals surface area contributed by atoms with Crippen LogP contribution in [0, 0.1) is 0 Å². The molecule has 2 aromatic rings. The van der Waals surface area contributed by atoms with E-state index in [2.05, 4.69) is 34.5 Å². The topological polar surface area (TPSA) is 42.7 Å². The molecule has 0 aliphatic carbocycles. The highest BCUT2D eigenvalue weighted by atomic mass is 15.3. The fourth-order valence-electron chi connectivity index (χ4n) is 2.20. The summed E-state index contributed by atoms with van der Waals surface area (Å²) in [6.45, 7) is 3.03. The first-order chi connectivity index (χ1) is 8.85. The highest BCUT2D eigenvalue weighted by molar-refractivity contribution is 5.11. The van der Waals surface area contributed by atoms with Gasteiger partial charge < -0.3 is 5.32 Å². The van der Waals surface area contributed by atoms with Crippen molar-refractivity contribution in [2.45, 2.75) is 32.4 Å². The lowest BCUT2D eigenvalue weighted by molar-refractivity contribution is 0.488. The second-order valence-electron chi connectivity index (χ2n) is 4.31. The Hall–Kier alpha value is -1.68. The SMILES string of the molecule is CCn1nccc1C(CCc1cccnc1)NC. The molecule has 0 aromatic carbocycles. The van der Waals surface area contributed by atoms with Gasteiger partial charge in [0.1, 0.15) is 0 Å². The van der Waals surface area contributed by atoms with Crippen LogP contribution in [0.1, 0.15) is 30.6 Å². The molecule has 0 radical (unpaired) electrons. The number of nitrogens with zero attached hydrogens (tertiary/aromatic N) is 3. The molecule has 4 heteroatoms. The molecule has 0 bridgehead atoms. The van der Waals surface area contributed by atoms with Crippen LogP contribution < -0.4 is 5.32 Å². The molecule has 18 heavy (non-hydrogen) atoms. The largest absolute Gasteiger partial charge is 0.312 e. The first kappa shape index (κ1) is 12.8. The Balaban J connectivity index is 2.02. The van der Waals surface area contributed by atoms with E-state index in [4.69, 9.17) is 0 Å². The molecule has 0 saturated heterocycles. The maximum atomic E-state index is 4.32. The normalized spacial score (nSPS) is 12.6. The number of aromatic nitrogens is 3. The number of hydrogen-bond acceptors (Lipinski definition) is 3. The molecule has 1 N–H and O–H groups in total. The standard InChI is InChI=1S/C14H20N4/c1-3-18-14(8-10-17-18)13(15-2)7-6-12-5-4-9-16-11-12/h4-5,8-11,13,15H,3,6-7H2,1-2H3. The van der Waals surface area contributed by atoms with Crippen LogP contribution in [0.4, 0.5) is 0 Å². The van der Waals surface area contributed by atoms with Crippen LogP contribution in [0.3, 0.4) is 0 Å². The van der Waals surface area contributed by atoms with E-state index in [1.165, 1.54) is 11.3 Å². The predicted octanol–water partition coefficient (Wildman–Crippen LogP) is 2.19. The highest BCUT2D eigenvalue weighted by Gasteiger charge is 2.13. The molecule has 2 heterocycles. The Morgan fingerprint density at radius 2 is 2.22 bits per heavy atom. The Morgan fingerprint density at radius 1 is 1.33 bits per heavy atom. The minimum atomic E-state index is 0.340. The number of nitrogens with one attached hydrogen (secondary N) is 1. The zero-order chi connectivity index (χ0) is 12.8. The lowest BCUT2D eigenvalue weighted by Gasteiger charge is -2.17. The van der Waals surface area contributed by atoms with Crippen LogP contribution in [0.2, 0.25) is 0 Å². The Bertz CT molecular complexity index is 464. The van der Waals surface area contributed by atoms with Gasteiger partial charge in [0.2, 0.25) is 0 Å². The van der Waals surface area contributed by atoms with Crippen LogP contribution in [-0.2, 0) is 13.0 Å². The van der Waals surface area contributed by atoms with Crippen LogP contribution in [0.15, 0.2) is 36.8 Å². The first-order valence-corrected chi connectivity index (χ1v) is 6.43. The van der Waals surface area contributed by atoms with Crippen molar-refractivity contribution < 1.29 is 0 Å². The Kier molecular flexibility index (Phi) is 4.47. The van der Waals surface area contributed by atoms with Gasteiger partial charge in [-0.1, -0.05) is 6.07 Å². The summed E-state index contributed by atoms with van der Waals surface area (Å²) in [5.41, 5.74) is 2.53. The number of hydrogen-bond donors (Lipinski definition) is 1. The summed E-state index contributed by atoms with van der Waals surface area (Å²) in [5.74, 6) is 0. The summed E-state index contributed by atoms with van der Waals surface area (Å²) in [6.07, 6.45) is 7.68. The molecule has 0 aliphatic heterocycles. The van der Waals surface area contributed by atoms with Gasteiger partial charge in [-0.05, 0) is 44.5 Å². The summed E-state index contributed by atoms with van der Waals surface area (Å²) >= 11 is 0. The molecule has 0 aliphatic rings. The van der Waals surface area contributed by atoms with Gasteiger partial charge in [0.25, 0.3) is 0 Å². The number of pyridine rings is 1. The van der Waals surface area contributed by atoms with E-state index in [0.717, 1.165) is 19.4 Å². The van der Waals surface area contributed by atoms with Gasteiger partial charge in [-0.3, -0.25) is 9.67 Å². The maximum Gasteiger partial charge on any atom is 0.0553 e. The average molecular weight is 244 g/mol. The summed E-state index contributed by atoms with van der Waals surface area (Å²) in [7, 11) is 2.00. The van der Waals surface area contributed by atoms with Gasteiger partial charge >= 0.3 is 0 Å². The zero-order valence-electron chi connectivity index (χ0n) is 11.0. The second kappa shape index (κ2) is 6.31. The summed E-state index contributed by atoms with van der Waals surface area (Å²) in [4.78, 5) is 4.15. The van der Waals surface area contributed by atoms with Crippen LogP contribution in [0.5, 0.6) is 0 Å².